The van der Waals surface area contributed by atoms with Gasteiger partial charge in [0.1, 0.15) is 9.88 Å². The zero-order valence-electron chi connectivity index (χ0n) is 16.7. The zero-order chi connectivity index (χ0) is 20.5. The zero-order valence-corrected chi connectivity index (χ0v) is 18.4. The Morgan fingerprint density at radius 2 is 1.93 bits per heavy atom. The van der Waals surface area contributed by atoms with Gasteiger partial charge in [0.25, 0.3) is 5.91 Å². The lowest BCUT2D eigenvalue weighted by Gasteiger charge is -2.34. The van der Waals surface area contributed by atoms with Gasteiger partial charge in [0.05, 0.1) is 11.2 Å². The van der Waals surface area contributed by atoms with E-state index in [1.54, 1.807) is 11.3 Å². The first-order valence-electron chi connectivity index (χ1n) is 10.0. The van der Waals surface area contributed by atoms with Crippen LogP contribution in [0, 0.1) is 6.92 Å². The summed E-state index contributed by atoms with van der Waals surface area (Å²) in [6, 6.07) is 12.5. The number of aromatic nitrogens is 2. The van der Waals surface area contributed by atoms with Crippen molar-refractivity contribution in [2.24, 2.45) is 0 Å². The summed E-state index contributed by atoms with van der Waals surface area (Å²) in [4.78, 5) is 27.5. The first-order chi connectivity index (χ1) is 14.7. The van der Waals surface area contributed by atoms with Gasteiger partial charge in [-0.05, 0) is 30.0 Å². The number of pyridine rings is 1. The van der Waals surface area contributed by atoms with E-state index in [0.717, 1.165) is 59.4 Å². The molecule has 1 amide bonds. The summed E-state index contributed by atoms with van der Waals surface area (Å²) in [7, 11) is 0. The van der Waals surface area contributed by atoms with Crippen molar-refractivity contribution in [2.45, 2.75) is 13.5 Å². The van der Waals surface area contributed by atoms with Crippen LogP contribution in [0.5, 0.6) is 0 Å². The van der Waals surface area contributed by atoms with Crippen molar-refractivity contribution < 1.29 is 4.79 Å². The molecule has 3 aromatic heterocycles. The second-order valence-corrected chi connectivity index (χ2v) is 9.29. The van der Waals surface area contributed by atoms with Crippen LogP contribution in [-0.4, -0.2) is 51.9 Å². The third-order valence-electron chi connectivity index (χ3n) is 5.53. The second-order valence-electron chi connectivity index (χ2n) is 7.51. The number of fused-ring (bicyclic) bond motifs is 1. The highest BCUT2D eigenvalue weighted by Crippen LogP contribution is 2.30. The molecule has 1 fully saturated rings. The normalized spacial score (nSPS) is 15.0. The Kier molecular flexibility index (Phi) is 5.33. The summed E-state index contributed by atoms with van der Waals surface area (Å²) in [5.74, 6) is 0.109. The Labute approximate surface area is 183 Å². The molecule has 1 saturated heterocycles. The molecule has 0 atom stereocenters. The largest absolute Gasteiger partial charge is 0.335 e. The summed E-state index contributed by atoms with van der Waals surface area (Å²) in [6.45, 7) is 6.00. The number of hydrogen-bond donors (Lipinski definition) is 0. The van der Waals surface area contributed by atoms with Crippen LogP contribution in [0.2, 0.25) is 0 Å². The maximum absolute atomic E-state index is 13.1. The molecule has 1 aromatic carbocycles. The maximum atomic E-state index is 13.1. The van der Waals surface area contributed by atoms with E-state index in [0.29, 0.717) is 0 Å². The van der Waals surface area contributed by atoms with E-state index < -0.39 is 0 Å². The minimum atomic E-state index is 0.109. The Morgan fingerprint density at radius 1 is 1.10 bits per heavy atom. The topological polar surface area (TPSA) is 49.3 Å². The number of piperazine rings is 1. The first-order valence-corrected chi connectivity index (χ1v) is 11.8. The number of carbonyl (C=O) groups is 1. The van der Waals surface area contributed by atoms with Crippen molar-refractivity contribution in [2.75, 3.05) is 26.2 Å². The fourth-order valence-electron chi connectivity index (χ4n) is 3.89. The molecule has 0 bridgehead atoms. The first kappa shape index (κ1) is 19.4. The van der Waals surface area contributed by atoms with Crippen molar-refractivity contribution in [3.63, 3.8) is 0 Å². The predicted octanol–water partition coefficient (Wildman–Crippen LogP) is 4.69. The van der Waals surface area contributed by atoms with Crippen molar-refractivity contribution in [3.05, 3.63) is 69.5 Å². The van der Waals surface area contributed by atoms with E-state index in [1.807, 2.05) is 29.5 Å². The predicted molar refractivity (Wildman–Crippen MR) is 123 cm³/mol. The van der Waals surface area contributed by atoms with Gasteiger partial charge in [-0.25, -0.2) is 4.98 Å². The van der Waals surface area contributed by atoms with Crippen LogP contribution < -0.4 is 0 Å². The van der Waals surface area contributed by atoms with Crippen molar-refractivity contribution in [1.29, 1.82) is 0 Å². The highest BCUT2D eigenvalue weighted by molar-refractivity contribution is 7.17. The number of thiazole rings is 1. The maximum Gasteiger partial charge on any atom is 0.265 e. The van der Waals surface area contributed by atoms with Gasteiger partial charge in [-0.3, -0.25) is 14.7 Å². The molecular formula is C23H22N4OS2. The highest BCUT2D eigenvalue weighted by atomic mass is 32.1. The molecule has 152 valence electrons. The number of nitrogens with zero attached hydrogens (tertiary/aromatic N) is 4. The van der Waals surface area contributed by atoms with Crippen LogP contribution in [0.1, 0.15) is 20.9 Å². The summed E-state index contributed by atoms with van der Waals surface area (Å²) < 4.78 is 0. The molecule has 0 unspecified atom stereocenters. The number of amides is 1. The molecule has 1 aliphatic rings. The molecule has 4 heterocycles. The van der Waals surface area contributed by atoms with Crippen LogP contribution >= 0.6 is 22.7 Å². The average molecular weight is 435 g/mol. The SMILES string of the molecule is Cc1nc(-c2ccsc2)sc1C(=O)N1CCN(Cc2cccc3cccnc23)CC1. The molecule has 0 aliphatic carbocycles. The third-order valence-corrected chi connectivity index (χ3v) is 7.41. The van der Waals surface area contributed by atoms with E-state index in [9.17, 15) is 4.79 Å². The molecule has 5 nitrogen and oxygen atoms in total. The van der Waals surface area contributed by atoms with E-state index >= 15 is 0 Å². The molecule has 0 spiro atoms. The molecule has 1 aliphatic heterocycles. The Bertz CT molecular complexity index is 1170. The van der Waals surface area contributed by atoms with E-state index in [1.165, 1.54) is 22.3 Å². The molecular weight excluding hydrogens is 412 g/mol. The van der Waals surface area contributed by atoms with Crippen LogP contribution in [-0.2, 0) is 6.54 Å². The molecule has 7 heteroatoms. The number of rotatable bonds is 4. The summed E-state index contributed by atoms with van der Waals surface area (Å²) in [5, 5.41) is 6.22. The van der Waals surface area contributed by atoms with Crippen molar-refractivity contribution >= 4 is 39.5 Å². The Hall–Kier alpha value is -2.61. The van der Waals surface area contributed by atoms with E-state index in [-0.39, 0.29) is 5.91 Å². The fourth-order valence-corrected chi connectivity index (χ4v) is 5.64. The number of aryl methyl sites for hydroxylation is 1. The van der Waals surface area contributed by atoms with Gasteiger partial charge < -0.3 is 4.90 Å². The van der Waals surface area contributed by atoms with E-state index in [2.05, 4.69) is 50.6 Å². The number of thiophene rings is 1. The summed E-state index contributed by atoms with van der Waals surface area (Å²) in [5.41, 5.74) is 4.24. The third kappa shape index (κ3) is 3.76. The summed E-state index contributed by atoms with van der Waals surface area (Å²) in [6.07, 6.45) is 1.85. The van der Waals surface area contributed by atoms with Crippen molar-refractivity contribution in [3.8, 4) is 10.6 Å². The molecule has 0 N–H and O–H groups in total. The van der Waals surface area contributed by atoms with Crippen LogP contribution in [0.15, 0.2) is 53.4 Å². The lowest BCUT2D eigenvalue weighted by atomic mass is 10.1. The van der Waals surface area contributed by atoms with Gasteiger partial charge in [0.15, 0.2) is 0 Å². The van der Waals surface area contributed by atoms with Crippen LogP contribution in [0.4, 0.5) is 0 Å². The fraction of sp³-hybridized carbons (Fsp3) is 0.261. The average Bonchev–Trinajstić information content (AvgIpc) is 3.44. The van der Waals surface area contributed by atoms with Gasteiger partial charge in [0, 0.05) is 55.3 Å². The van der Waals surface area contributed by atoms with Gasteiger partial charge in [-0.2, -0.15) is 11.3 Å². The van der Waals surface area contributed by atoms with Crippen LogP contribution in [0.3, 0.4) is 0 Å². The number of hydrogen-bond acceptors (Lipinski definition) is 6. The van der Waals surface area contributed by atoms with Gasteiger partial charge in [-0.1, -0.05) is 24.3 Å². The molecule has 0 saturated carbocycles. The number of para-hydroxylation sites is 1. The standard InChI is InChI=1S/C23H22N4OS2/c1-16-21(30-22(25-16)19-7-13-29-15-19)23(28)27-11-9-26(10-12-27)14-18-5-2-4-17-6-3-8-24-20(17)18/h2-8,13,15H,9-12,14H2,1H3. The molecule has 0 radical (unpaired) electrons. The minimum absolute atomic E-state index is 0.109. The second kappa shape index (κ2) is 8.26. The highest BCUT2D eigenvalue weighted by Gasteiger charge is 2.26. The number of carbonyl (C=O) groups excluding carboxylic acids is 1. The van der Waals surface area contributed by atoms with Gasteiger partial charge in [0.2, 0.25) is 0 Å². The van der Waals surface area contributed by atoms with Crippen LogP contribution in [0.25, 0.3) is 21.5 Å². The monoisotopic (exact) mass is 434 g/mol. The van der Waals surface area contributed by atoms with Gasteiger partial charge >= 0.3 is 0 Å². The van der Waals surface area contributed by atoms with Gasteiger partial charge in [-0.15, -0.1) is 11.3 Å². The summed E-state index contributed by atoms with van der Waals surface area (Å²) >= 11 is 3.16. The Morgan fingerprint density at radius 3 is 2.73 bits per heavy atom. The van der Waals surface area contributed by atoms with E-state index in [4.69, 9.17) is 0 Å². The number of benzene rings is 1. The van der Waals surface area contributed by atoms with Crippen molar-refractivity contribution in [1.82, 2.24) is 19.8 Å². The Balaban J connectivity index is 1.25. The minimum Gasteiger partial charge on any atom is -0.335 e. The smallest absolute Gasteiger partial charge is 0.265 e. The molecule has 4 aromatic rings. The lowest BCUT2D eigenvalue weighted by molar-refractivity contribution is 0.0632. The molecule has 5 rings (SSSR count). The quantitative estimate of drug-likeness (QED) is 0.468. The lowest BCUT2D eigenvalue weighted by Crippen LogP contribution is -2.48. The molecule has 30 heavy (non-hydrogen) atoms.